The first-order valence-corrected chi connectivity index (χ1v) is 6.90. The molecule has 90 valence electrons. The number of hydrogen-bond acceptors (Lipinski definition) is 1. The van der Waals surface area contributed by atoms with Crippen LogP contribution in [0.4, 0.5) is 0 Å². The molecule has 0 aliphatic carbocycles. The molecule has 1 nitrogen and oxygen atoms in total. The predicted octanol–water partition coefficient (Wildman–Crippen LogP) is 4.12. The van der Waals surface area contributed by atoms with Gasteiger partial charge in [-0.2, -0.15) is 0 Å². The Morgan fingerprint density at radius 3 is 2.88 bits per heavy atom. The second kappa shape index (κ2) is 5.56. The van der Waals surface area contributed by atoms with Crippen molar-refractivity contribution in [2.75, 3.05) is 6.54 Å². The average molecular weight is 219 g/mol. The van der Waals surface area contributed by atoms with Crippen LogP contribution in [-0.4, -0.2) is 17.5 Å². The summed E-state index contributed by atoms with van der Waals surface area (Å²) in [6.45, 7) is 5.86. The maximum Gasteiger partial charge on any atom is 0.0470 e. The van der Waals surface area contributed by atoms with Gasteiger partial charge in [-0.25, -0.2) is 0 Å². The summed E-state index contributed by atoms with van der Waals surface area (Å²) >= 11 is 0. The fourth-order valence-corrected chi connectivity index (χ4v) is 2.78. The second-order valence-corrected chi connectivity index (χ2v) is 5.67. The van der Waals surface area contributed by atoms with Gasteiger partial charge in [-0.1, -0.05) is 45.3 Å². The number of hydrogen-bond donors (Lipinski definition) is 0. The molecule has 0 aromatic rings. The van der Waals surface area contributed by atoms with Crippen LogP contribution in [-0.2, 0) is 0 Å². The van der Waals surface area contributed by atoms with Crippen molar-refractivity contribution in [1.29, 1.82) is 0 Å². The molecule has 0 aromatic carbocycles. The van der Waals surface area contributed by atoms with E-state index in [1.54, 1.807) is 0 Å². The van der Waals surface area contributed by atoms with E-state index in [2.05, 4.69) is 37.1 Å². The van der Waals surface area contributed by atoms with E-state index < -0.39 is 0 Å². The van der Waals surface area contributed by atoms with E-state index in [0.717, 1.165) is 5.92 Å². The lowest BCUT2D eigenvalue weighted by molar-refractivity contribution is 0.268. The van der Waals surface area contributed by atoms with Crippen molar-refractivity contribution in [3.8, 4) is 0 Å². The molecule has 16 heavy (non-hydrogen) atoms. The molecule has 1 fully saturated rings. The first-order chi connectivity index (χ1) is 7.75. The largest absolute Gasteiger partial charge is 0.371 e. The van der Waals surface area contributed by atoms with Crippen molar-refractivity contribution < 1.29 is 0 Å². The highest BCUT2D eigenvalue weighted by molar-refractivity contribution is 5.25. The Morgan fingerprint density at radius 1 is 1.25 bits per heavy atom. The smallest absolute Gasteiger partial charge is 0.0470 e. The first kappa shape index (κ1) is 11.8. The van der Waals surface area contributed by atoms with Crippen LogP contribution in [0.5, 0.6) is 0 Å². The molecule has 1 unspecified atom stereocenters. The van der Waals surface area contributed by atoms with Crippen molar-refractivity contribution in [2.45, 2.75) is 58.4 Å². The van der Waals surface area contributed by atoms with Gasteiger partial charge in [0.05, 0.1) is 0 Å². The minimum absolute atomic E-state index is 0.691. The summed E-state index contributed by atoms with van der Waals surface area (Å²) in [6, 6.07) is 0.691. The number of fused-ring (bicyclic) bond motifs is 1. The Bertz CT molecular complexity index is 275. The van der Waals surface area contributed by atoms with Gasteiger partial charge < -0.3 is 4.90 Å². The molecule has 2 aliphatic rings. The highest BCUT2D eigenvalue weighted by Gasteiger charge is 2.18. The van der Waals surface area contributed by atoms with E-state index in [0.29, 0.717) is 6.04 Å². The van der Waals surface area contributed by atoms with Crippen LogP contribution < -0.4 is 0 Å². The normalized spacial score (nSPS) is 26.1. The summed E-state index contributed by atoms with van der Waals surface area (Å²) in [7, 11) is 0. The van der Waals surface area contributed by atoms with E-state index in [1.807, 2.05) is 0 Å². The van der Waals surface area contributed by atoms with Crippen LogP contribution >= 0.6 is 0 Å². The van der Waals surface area contributed by atoms with Crippen molar-refractivity contribution in [3.05, 3.63) is 23.9 Å². The van der Waals surface area contributed by atoms with Crippen LogP contribution in [0, 0.1) is 5.92 Å². The highest BCUT2D eigenvalue weighted by atomic mass is 15.1. The Labute approximate surface area is 100 Å². The molecular formula is C15H25N. The predicted molar refractivity (Wildman–Crippen MR) is 70.3 cm³/mol. The Balaban J connectivity index is 2.00. The molecule has 2 rings (SSSR count). The van der Waals surface area contributed by atoms with Gasteiger partial charge >= 0.3 is 0 Å². The number of allylic oxidation sites excluding steroid dienone is 2. The van der Waals surface area contributed by atoms with Crippen molar-refractivity contribution in [3.63, 3.8) is 0 Å². The monoisotopic (exact) mass is 219 g/mol. The van der Waals surface area contributed by atoms with Crippen molar-refractivity contribution in [2.24, 2.45) is 5.92 Å². The molecule has 0 amide bonds. The van der Waals surface area contributed by atoms with Gasteiger partial charge in [0.1, 0.15) is 0 Å². The first-order valence-electron chi connectivity index (χ1n) is 6.90. The maximum absolute atomic E-state index is 2.58. The molecule has 0 N–H and O–H groups in total. The third-order valence-electron chi connectivity index (χ3n) is 3.60. The molecule has 1 heteroatoms. The average Bonchev–Trinajstić information content (AvgIpc) is 2.19. The number of rotatable bonds is 2. The van der Waals surface area contributed by atoms with E-state index in [9.17, 15) is 0 Å². The topological polar surface area (TPSA) is 3.24 Å². The zero-order valence-electron chi connectivity index (χ0n) is 10.8. The summed E-state index contributed by atoms with van der Waals surface area (Å²) < 4.78 is 0. The molecule has 0 spiro atoms. The molecule has 1 atom stereocenters. The van der Waals surface area contributed by atoms with Gasteiger partial charge in [-0.15, -0.1) is 0 Å². The van der Waals surface area contributed by atoms with Crippen LogP contribution in [0.1, 0.15) is 52.4 Å². The summed E-state index contributed by atoms with van der Waals surface area (Å²) in [5.74, 6) is 0.766. The second-order valence-electron chi connectivity index (χ2n) is 5.67. The minimum atomic E-state index is 0.691. The van der Waals surface area contributed by atoms with E-state index >= 15 is 0 Å². The van der Waals surface area contributed by atoms with Crippen LogP contribution in [0.25, 0.3) is 0 Å². The third kappa shape index (κ3) is 3.13. The third-order valence-corrected chi connectivity index (χ3v) is 3.60. The summed E-state index contributed by atoms with van der Waals surface area (Å²) in [6.07, 6.45) is 15.4. The van der Waals surface area contributed by atoms with Crippen LogP contribution in [0.15, 0.2) is 23.9 Å². The van der Waals surface area contributed by atoms with Gasteiger partial charge in [0, 0.05) is 18.8 Å². The standard InChI is InChI=1S/C15H25N/c1-13(2)11-14-8-9-15-7-5-3-4-6-10-16(15)12-14/h8-9,12-13,15H,3-7,10-11H2,1-2H3. The Hall–Kier alpha value is -0.720. The maximum atomic E-state index is 2.58. The molecule has 2 aliphatic heterocycles. The van der Waals surface area contributed by atoms with E-state index in [1.165, 1.54) is 50.6 Å². The SMILES string of the molecule is CC(C)CC1=CN2CCCCCCC2C=C1. The van der Waals surface area contributed by atoms with Gasteiger partial charge in [0.25, 0.3) is 0 Å². The Morgan fingerprint density at radius 2 is 2.06 bits per heavy atom. The van der Waals surface area contributed by atoms with Crippen molar-refractivity contribution in [1.82, 2.24) is 4.90 Å². The molecular weight excluding hydrogens is 194 g/mol. The molecule has 1 saturated heterocycles. The van der Waals surface area contributed by atoms with E-state index in [-0.39, 0.29) is 0 Å². The fraction of sp³-hybridized carbons (Fsp3) is 0.733. The zero-order valence-corrected chi connectivity index (χ0v) is 10.8. The summed E-state index contributed by atoms with van der Waals surface area (Å²) in [5, 5.41) is 0. The quantitative estimate of drug-likeness (QED) is 0.675. The molecule has 2 heterocycles. The Kier molecular flexibility index (Phi) is 4.09. The fourth-order valence-electron chi connectivity index (χ4n) is 2.78. The summed E-state index contributed by atoms with van der Waals surface area (Å²) in [4.78, 5) is 2.58. The molecule has 0 radical (unpaired) electrons. The lowest BCUT2D eigenvalue weighted by Gasteiger charge is -2.34. The molecule has 0 bridgehead atoms. The highest BCUT2D eigenvalue weighted by Crippen LogP contribution is 2.24. The van der Waals surface area contributed by atoms with Gasteiger partial charge in [-0.3, -0.25) is 0 Å². The van der Waals surface area contributed by atoms with Crippen molar-refractivity contribution >= 4 is 0 Å². The van der Waals surface area contributed by atoms with Crippen LogP contribution in [0.2, 0.25) is 0 Å². The minimum Gasteiger partial charge on any atom is -0.371 e. The van der Waals surface area contributed by atoms with Gasteiger partial charge in [0.2, 0.25) is 0 Å². The van der Waals surface area contributed by atoms with E-state index in [4.69, 9.17) is 0 Å². The van der Waals surface area contributed by atoms with Crippen LogP contribution in [0.3, 0.4) is 0 Å². The van der Waals surface area contributed by atoms with Gasteiger partial charge in [0.15, 0.2) is 0 Å². The molecule has 0 saturated carbocycles. The lowest BCUT2D eigenvalue weighted by Crippen LogP contribution is -2.33. The van der Waals surface area contributed by atoms with Gasteiger partial charge in [-0.05, 0) is 30.8 Å². The zero-order chi connectivity index (χ0) is 11.4. The lowest BCUT2D eigenvalue weighted by atomic mass is 9.96. The molecule has 0 aromatic heterocycles. The number of nitrogens with zero attached hydrogens (tertiary/aromatic N) is 1. The summed E-state index contributed by atoms with van der Waals surface area (Å²) in [5.41, 5.74) is 1.52.